The van der Waals surface area contributed by atoms with Crippen LogP contribution in [-0.4, -0.2) is 46.3 Å². The van der Waals surface area contributed by atoms with E-state index in [-0.39, 0.29) is 11.7 Å². The van der Waals surface area contributed by atoms with Crippen molar-refractivity contribution in [3.8, 4) is 0 Å². The molecule has 1 aromatic heterocycles. The minimum atomic E-state index is -0.320. The van der Waals surface area contributed by atoms with Crippen LogP contribution >= 0.6 is 11.6 Å². The van der Waals surface area contributed by atoms with Crippen LogP contribution in [0.3, 0.4) is 0 Å². The normalized spacial score (nSPS) is 18.3. The van der Waals surface area contributed by atoms with Gasteiger partial charge in [0, 0.05) is 41.1 Å². The van der Waals surface area contributed by atoms with Crippen LogP contribution in [0, 0.1) is 6.92 Å². The Morgan fingerprint density at radius 3 is 2.58 bits per heavy atom. The highest BCUT2D eigenvalue weighted by Crippen LogP contribution is 2.23. The quantitative estimate of drug-likeness (QED) is 0.606. The van der Waals surface area contributed by atoms with Crippen LogP contribution in [0.25, 0.3) is 0 Å². The lowest BCUT2D eigenvalue weighted by molar-refractivity contribution is -0.531. The summed E-state index contributed by atoms with van der Waals surface area (Å²) < 4.78 is 3.95. The fraction of sp³-hybridized carbons (Fsp3) is 0.261. The highest BCUT2D eigenvalue weighted by molar-refractivity contribution is 6.30. The van der Waals surface area contributed by atoms with Crippen molar-refractivity contribution in [2.75, 3.05) is 36.4 Å². The SMILES string of the molecule is Cc1cc(=O)n2c(n1)NC(=[N+]1CCN(c3cccc(Cl)c3)CC1)NC2c1ccccc1. The number of hydrogen-bond acceptors (Lipinski definition) is 3. The summed E-state index contributed by atoms with van der Waals surface area (Å²) in [5.41, 5.74) is 2.76. The molecule has 7 nitrogen and oxygen atoms in total. The lowest BCUT2D eigenvalue weighted by Gasteiger charge is -2.33. The summed E-state index contributed by atoms with van der Waals surface area (Å²) in [6.07, 6.45) is -0.320. The molecule has 0 amide bonds. The Labute approximate surface area is 185 Å². The second kappa shape index (κ2) is 8.07. The summed E-state index contributed by atoms with van der Waals surface area (Å²) in [7, 11) is 0. The Balaban J connectivity index is 1.46. The maximum Gasteiger partial charge on any atom is 0.355 e. The highest BCUT2D eigenvalue weighted by Gasteiger charge is 2.33. The van der Waals surface area contributed by atoms with Crippen molar-refractivity contribution in [1.82, 2.24) is 14.9 Å². The van der Waals surface area contributed by atoms with Crippen molar-refractivity contribution in [3.05, 3.63) is 87.3 Å². The van der Waals surface area contributed by atoms with Gasteiger partial charge in [-0.2, -0.15) is 0 Å². The van der Waals surface area contributed by atoms with Crippen LogP contribution in [-0.2, 0) is 0 Å². The van der Waals surface area contributed by atoms with Gasteiger partial charge in [0.1, 0.15) is 0 Å². The Bertz CT molecular complexity index is 1200. The summed E-state index contributed by atoms with van der Waals surface area (Å²) >= 11 is 6.17. The summed E-state index contributed by atoms with van der Waals surface area (Å²) in [5, 5.41) is 7.64. The molecule has 31 heavy (non-hydrogen) atoms. The lowest BCUT2D eigenvalue weighted by Crippen LogP contribution is -2.55. The molecule has 3 aromatic rings. The maximum atomic E-state index is 12.8. The molecule has 1 atom stereocenters. The minimum Gasteiger partial charge on any atom is -0.365 e. The average Bonchev–Trinajstić information content (AvgIpc) is 2.79. The molecule has 0 spiro atoms. The third kappa shape index (κ3) is 3.88. The van der Waals surface area contributed by atoms with Gasteiger partial charge in [-0.3, -0.25) is 14.7 Å². The first-order valence-electron chi connectivity index (χ1n) is 10.4. The first kappa shape index (κ1) is 19.6. The highest BCUT2D eigenvalue weighted by atomic mass is 35.5. The first-order valence-corrected chi connectivity index (χ1v) is 10.8. The van der Waals surface area contributed by atoms with E-state index in [9.17, 15) is 4.79 Å². The molecule has 5 rings (SSSR count). The Hall–Kier alpha value is -3.32. The molecule has 2 aliphatic rings. The minimum absolute atomic E-state index is 0.0822. The van der Waals surface area contributed by atoms with Crippen molar-refractivity contribution in [2.24, 2.45) is 0 Å². The number of aromatic nitrogens is 2. The van der Waals surface area contributed by atoms with E-state index in [1.54, 1.807) is 10.6 Å². The van der Waals surface area contributed by atoms with E-state index in [0.29, 0.717) is 11.6 Å². The van der Waals surface area contributed by atoms with Crippen molar-refractivity contribution in [3.63, 3.8) is 0 Å². The summed E-state index contributed by atoms with van der Waals surface area (Å²) in [6.45, 7) is 5.25. The molecule has 1 unspecified atom stereocenters. The summed E-state index contributed by atoms with van der Waals surface area (Å²) in [5.74, 6) is 1.43. The van der Waals surface area contributed by atoms with Crippen LogP contribution in [0.15, 0.2) is 65.5 Å². The second-order valence-corrected chi connectivity index (χ2v) is 8.25. The van der Waals surface area contributed by atoms with Gasteiger partial charge in [-0.05, 0) is 25.1 Å². The van der Waals surface area contributed by atoms with Crippen molar-refractivity contribution < 1.29 is 4.58 Å². The monoisotopic (exact) mass is 435 g/mol. The van der Waals surface area contributed by atoms with Gasteiger partial charge < -0.3 is 4.90 Å². The van der Waals surface area contributed by atoms with Crippen LogP contribution in [0.1, 0.15) is 17.4 Å². The van der Waals surface area contributed by atoms with E-state index < -0.39 is 0 Å². The fourth-order valence-electron chi connectivity index (χ4n) is 4.18. The zero-order chi connectivity index (χ0) is 21.4. The average molecular weight is 436 g/mol. The van der Waals surface area contributed by atoms with E-state index >= 15 is 0 Å². The number of benzene rings is 2. The van der Waals surface area contributed by atoms with Gasteiger partial charge >= 0.3 is 5.96 Å². The number of fused-ring (bicyclic) bond motifs is 1. The van der Waals surface area contributed by atoms with Crippen LogP contribution in [0.4, 0.5) is 11.6 Å². The number of rotatable bonds is 2. The molecular weight excluding hydrogens is 412 g/mol. The third-order valence-electron chi connectivity index (χ3n) is 5.73. The topological polar surface area (TPSA) is 65.2 Å². The van der Waals surface area contributed by atoms with Gasteiger partial charge in [-0.1, -0.05) is 48.0 Å². The zero-order valence-electron chi connectivity index (χ0n) is 17.3. The lowest BCUT2D eigenvalue weighted by atomic mass is 10.1. The smallest absolute Gasteiger partial charge is 0.355 e. The van der Waals surface area contributed by atoms with Gasteiger partial charge in [-0.25, -0.2) is 14.9 Å². The van der Waals surface area contributed by atoms with E-state index in [4.69, 9.17) is 11.6 Å². The van der Waals surface area contributed by atoms with Crippen LogP contribution in [0.5, 0.6) is 0 Å². The molecule has 3 heterocycles. The number of halogens is 1. The van der Waals surface area contributed by atoms with Gasteiger partial charge in [0.2, 0.25) is 0 Å². The number of aryl methyl sites for hydroxylation is 1. The standard InChI is InChI=1S/C23H23ClN6O/c1-16-14-20(31)30-21(17-6-3-2-4-7-17)26-22(27-23(30)25-16)29-12-10-28(11-13-29)19-9-5-8-18(24)15-19/h2-9,14-15,21H,10-13H2,1H3,(H,25,26,27,31)/p+1. The molecule has 0 saturated carbocycles. The fourth-order valence-corrected chi connectivity index (χ4v) is 4.36. The maximum absolute atomic E-state index is 12.8. The number of anilines is 2. The molecular formula is C23H24ClN6O+. The number of guanidine groups is 1. The number of nitrogens with one attached hydrogen (secondary N) is 2. The van der Waals surface area contributed by atoms with E-state index in [0.717, 1.165) is 48.4 Å². The van der Waals surface area contributed by atoms with Crippen molar-refractivity contribution in [2.45, 2.75) is 13.1 Å². The Kier molecular flexibility index (Phi) is 5.11. The number of piperazine rings is 1. The molecule has 8 heteroatoms. The molecule has 0 aliphatic carbocycles. The molecule has 2 aromatic carbocycles. The van der Waals surface area contributed by atoms with E-state index in [1.807, 2.05) is 55.5 Å². The van der Waals surface area contributed by atoms with E-state index in [2.05, 4.69) is 31.2 Å². The molecule has 2 aliphatic heterocycles. The molecule has 158 valence electrons. The second-order valence-electron chi connectivity index (χ2n) is 7.81. The van der Waals surface area contributed by atoms with Gasteiger partial charge in [0.05, 0.1) is 13.1 Å². The third-order valence-corrected chi connectivity index (χ3v) is 5.96. The zero-order valence-corrected chi connectivity index (χ0v) is 18.0. The van der Waals surface area contributed by atoms with Crippen LogP contribution in [0.2, 0.25) is 5.02 Å². The number of nitrogens with zero attached hydrogens (tertiary/aromatic N) is 4. The van der Waals surface area contributed by atoms with Crippen molar-refractivity contribution >= 4 is 29.2 Å². The Morgan fingerprint density at radius 1 is 1.06 bits per heavy atom. The molecule has 2 N–H and O–H groups in total. The van der Waals surface area contributed by atoms with Crippen LogP contribution < -0.4 is 21.1 Å². The summed E-state index contributed by atoms with van der Waals surface area (Å²) in [6, 6.07) is 19.5. The molecule has 0 bridgehead atoms. The first-order chi connectivity index (χ1) is 15.1. The number of hydrogen-bond donors (Lipinski definition) is 2. The van der Waals surface area contributed by atoms with Gasteiger partial charge in [-0.15, -0.1) is 0 Å². The van der Waals surface area contributed by atoms with Gasteiger partial charge in [0.25, 0.3) is 11.5 Å². The molecule has 0 radical (unpaired) electrons. The molecule has 1 saturated heterocycles. The molecule has 1 fully saturated rings. The van der Waals surface area contributed by atoms with Gasteiger partial charge in [0.15, 0.2) is 6.17 Å². The predicted octanol–water partition coefficient (Wildman–Crippen LogP) is 2.66. The summed E-state index contributed by atoms with van der Waals surface area (Å²) in [4.78, 5) is 19.7. The van der Waals surface area contributed by atoms with Crippen molar-refractivity contribution in [1.29, 1.82) is 0 Å². The Morgan fingerprint density at radius 2 is 1.84 bits per heavy atom. The predicted molar refractivity (Wildman–Crippen MR) is 123 cm³/mol. The van der Waals surface area contributed by atoms with E-state index in [1.165, 1.54) is 0 Å². The largest absolute Gasteiger partial charge is 0.365 e.